The molecule has 1 saturated carbocycles. The lowest BCUT2D eigenvalue weighted by molar-refractivity contribution is -0.116. The minimum atomic E-state index is -0.456. The Morgan fingerprint density at radius 2 is 2.07 bits per heavy atom. The summed E-state index contributed by atoms with van der Waals surface area (Å²) in [5.74, 6) is 2.04. The fourth-order valence-corrected chi connectivity index (χ4v) is 4.24. The predicted octanol–water partition coefficient (Wildman–Crippen LogP) is 3.35. The summed E-state index contributed by atoms with van der Waals surface area (Å²) < 4.78 is 5.47. The van der Waals surface area contributed by atoms with Gasteiger partial charge in [0.15, 0.2) is 0 Å². The van der Waals surface area contributed by atoms with Crippen molar-refractivity contribution in [2.45, 2.75) is 39.7 Å². The summed E-state index contributed by atoms with van der Waals surface area (Å²) in [5.41, 5.74) is 0.451. The van der Waals surface area contributed by atoms with Crippen LogP contribution in [0, 0.1) is 23.7 Å². The smallest absolute Gasteiger partial charge is 0.410 e. The van der Waals surface area contributed by atoms with Crippen LogP contribution in [0.2, 0.25) is 0 Å². The number of rotatable bonds is 6. The molecule has 1 saturated heterocycles. The van der Waals surface area contributed by atoms with E-state index in [9.17, 15) is 9.59 Å². The lowest BCUT2D eigenvalue weighted by Crippen LogP contribution is -2.38. The number of carbonyl (C=O) groups excluding carboxylic acids is 2. The van der Waals surface area contributed by atoms with Crippen LogP contribution in [0.1, 0.15) is 39.7 Å². The minimum Gasteiger partial charge on any atom is -0.444 e. The lowest BCUT2D eigenvalue weighted by atomic mass is 9.97. The number of amides is 2. The van der Waals surface area contributed by atoms with Crippen LogP contribution < -0.4 is 5.32 Å². The maximum Gasteiger partial charge on any atom is 0.410 e. The molecule has 1 aliphatic carbocycles. The van der Waals surface area contributed by atoms with Gasteiger partial charge in [-0.25, -0.2) is 4.79 Å². The Morgan fingerprint density at radius 3 is 2.64 bits per heavy atom. The number of hydrogen-bond donors (Lipinski definition) is 1. The second kappa shape index (κ2) is 8.33. The van der Waals surface area contributed by atoms with Gasteiger partial charge in [0.05, 0.1) is 0 Å². The van der Waals surface area contributed by atoms with E-state index in [1.165, 1.54) is 0 Å². The number of ether oxygens (including phenoxy) is 1. The largest absolute Gasteiger partial charge is 0.444 e. The molecule has 0 aromatic carbocycles. The highest BCUT2D eigenvalue weighted by Crippen LogP contribution is 2.56. The zero-order chi connectivity index (χ0) is 20.3. The molecule has 6 nitrogen and oxygen atoms in total. The Morgan fingerprint density at radius 1 is 1.36 bits per heavy atom. The van der Waals surface area contributed by atoms with Gasteiger partial charge in [-0.05, 0) is 62.1 Å². The van der Waals surface area contributed by atoms with E-state index in [0.29, 0.717) is 30.2 Å². The number of pyridine rings is 1. The monoisotopic (exact) mass is 385 g/mol. The van der Waals surface area contributed by atoms with Crippen molar-refractivity contribution in [2.75, 3.05) is 19.6 Å². The molecule has 4 atom stereocenters. The van der Waals surface area contributed by atoms with E-state index in [2.05, 4.69) is 17.2 Å². The highest BCUT2D eigenvalue weighted by atomic mass is 16.6. The van der Waals surface area contributed by atoms with Gasteiger partial charge in [-0.2, -0.15) is 0 Å². The van der Waals surface area contributed by atoms with E-state index in [4.69, 9.17) is 4.74 Å². The molecule has 2 unspecified atom stereocenters. The van der Waals surface area contributed by atoms with Crippen molar-refractivity contribution in [3.63, 3.8) is 0 Å². The van der Waals surface area contributed by atoms with Crippen LogP contribution in [-0.4, -0.2) is 47.1 Å². The summed E-state index contributed by atoms with van der Waals surface area (Å²) in [6.45, 7) is 10.1. The number of nitrogens with zero attached hydrogens (tertiary/aromatic N) is 2. The number of aromatic nitrogens is 1. The third-order valence-corrected chi connectivity index (χ3v) is 5.63. The van der Waals surface area contributed by atoms with E-state index in [1.54, 1.807) is 24.5 Å². The van der Waals surface area contributed by atoms with Gasteiger partial charge in [-0.1, -0.05) is 19.4 Å². The van der Waals surface area contributed by atoms with Crippen molar-refractivity contribution in [2.24, 2.45) is 23.7 Å². The van der Waals surface area contributed by atoms with Gasteiger partial charge in [-0.3, -0.25) is 9.78 Å². The zero-order valence-corrected chi connectivity index (χ0v) is 17.2. The number of carbonyl (C=O) groups is 2. The van der Waals surface area contributed by atoms with E-state index in [0.717, 1.165) is 25.1 Å². The Hall–Kier alpha value is -2.37. The summed E-state index contributed by atoms with van der Waals surface area (Å²) in [6, 6.07) is 3.75. The molecule has 3 rings (SSSR count). The first-order chi connectivity index (χ1) is 13.3. The first-order valence-corrected chi connectivity index (χ1v) is 10.1. The van der Waals surface area contributed by atoms with Gasteiger partial charge in [0.2, 0.25) is 5.91 Å². The fraction of sp³-hybridized carbons (Fsp3) is 0.591. The Kier molecular flexibility index (Phi) is 6.06. The van der Waals surface area contributed by atoms with Crippen molar-refractivity contribution >= 4 is 18.1 Å². The number of piperidine rings is 1. The van der Waals surface area contributed by atoms with Gasteiger partial charge in [-0.15, -0.1) is 0 Å². The van der Waals surface area contributed by atoms with Gasteiger partial charge < -0.3 is 15.0 Å². The molecule has 1 aromatic rings. The Balaban J connectivity index is 1.43. The van der Waals surface area contributed by atoms with Crippen molar-refractivity contribution in [1.82, 2.24) is 15.2 Å². The van der Waals surface area contributed by atoms with Crippen LogP contribution in [-0.2, 0) is 9.53 Å². The topological polar surface area (TPSA) is 71.5 Å². The summed E-state index contributed by atoms with van der Waals surface area (Å²) in [4.78, 5) is 30.2. The maximum absolute atomic E-state index is 12.2. The van der Waals surface area contributed by atoms with Crippen LogP contribution in [0.5, 0.6) is 0 Å². The van der Waals surface area contributed by atoms with Crippen molar-refractivity contribution < 1.29 is 14.3 Å². The van der Waals surface area contributed by atoms with Crippen LogP contribution in [0.4, 0.5) is 4.79 Å². The standard InChI is InChI=1S/C22H31N3O3/c1-5-16(12-24-19(26)9-8-15-7-6-10-23-11-15)20-17-13-25(14-18(17)20)21(27)28-22(2,3)4/h6-11,16-18,20H,5,12-14H2,1-4H3,(H,24,26)/b9-8+/t16?,17-,18+,20?. The van der Waals surface area contributed by atoms with Crippen molar-refractivity contribution in [3.8, 4) is 0 Å². The molecule has 2 fully saturated rings. The second-order valence-corrected chi connectivity index (χ2v) is 8.82. The second-order valence-electron chi connectivity index (χ2n) is 8.82. The molecule has 0 bridgehead atoms. The lowest BCUT2D eigenvalue weighted by Gasteiger charge is -2.27. The highest BCUT2D eigenvalue weighted by Gasteiger charge is 2.59. The van der Waals surface area contributed by atoms with Gasteiger partial charge >= 0.3 is 6.09 Å². The number of fused-ring (bicyclic) bond motifs is 1. The zero-order valence-electron chi connectivity index (χ0n) is 17.2. The number of hydrogen-bond acceptors (Lipinski definition) is 4. The van der Waals surface area contributed by atoms with E-state index < -0.39 is 5.60 Å². The normalized spacial score (nSPS) is 24.7. The predicted molar refractivity (Wildman–Crippen MR) is 108 cm³/mol. The molecule has 152 valence electrons. The Bertz CT molecular complexity index is 714. The number of nitrogens with one attached hydrogen (secondary N) is 1. The first kappa shape index (κ1) is 20.4. The molecule has 1 N–H and O–H groups in total. The quantitative estimate of drug-likeness (QED) is 0.763. The summed E-state index contributed by atoms with van der Waals surface area (Å²) in [7, 11) is 0. The summed E-state index contributed by atoms with van der Waals surface area (Å²) in [6.07, 6.45) is 7.58. The molecule has 2 aliphatic rings. The third kappa shape index (κ3) is 5.12. The van der Waals surface area contributed by atoms with E-state index in [-0.39, 0.29) is 12.0 Å². The SMILES string of the molecule is CCC(CNC(=O)/C=C/c1cccnc1)C1[C@H]2CN(C(=O)OC(C)(C)C)C[C@@H]12. The molecular weight excluding hydrogens is 354 g/mol. The molecule has 0 spiro atoms. The molecule has 1 aromatic heterocycles. The molecule has 6 heteroatoms. The van der Waals surface area contributed by atoms with Crippen LogP contribution in [0.3, 0.4) is 0 Å². The van der Waals surface area contributed by atoms with Crippen LogP contribution >= 0.6 is 0 Å². The van der Waals surface area contributed by atoms with Crippen LogP contribution in [0.25, 0.3) is 6.08 Å². The fourth-order valence-electron chi connectivity index (χ4n) is 4.24. The molecule has 2 amide bonds. The molecule has 1 aliphatic heterocycles. The molecule has 28 heavy (non-hydrogen) atoms. The summed E-state index contributed by atoms with van der Waals surface area (Å²) >= 11 is 0. The third-order valence-electron chi connectivity index (χ3n) is 5.63. The maximum atomic E-state index is 12.2. The minimum absolute atomic E-state index is 0.0801. The molecular formula is C22H31N3O3. The Labute approximate surface area is 167 Å². The van der Waals surface area contributed by atoms with Crippen LogP contribution in [0.15, 0.2) is 30.6 Å². The average molecular weight is 386 g/mol. The number of likely N-dealkylation sites (tertiary alicyclic amines) is 1. The van der Waals surface area contributed by atoms with Gasteiger partial charge in [0.25, 0.3) is 0 Å². The summed E-state index contributed by atoms with van der Waals surface area (Å²) in [5, 5.41) is 3.03. The molecule has 2 heterocycles. The molecule has 0 radical (unpaired) electrons. The van der Waals surface area contributed by atoms with Gasteiger partial charge in [0.1, 0.15) is 5.60 Å². The van der Waals surface area contributed by atoms with E-state index >= 15 is 0 Å². The highest BCUT2D eigenvalue weighted by molar-refractivity contribution is 5.91. The van der Waals surface area contributed by atoms with Crippen molar-refractivity contribution in [3.05, 3.63) is 36.2 Å². The van der Waals surface area contributed by atoms with Crippen molar-refractivity contribution in [1.29, 1.82) is 0 Å². The van der Waals surface area contributed by atoms with E-state index in [1.807, 2.05) is 37.8 Å². The van der Waals surface area contributed by atoms with Gasteiger partial charge in [0, 0.05) is 38.1 Å². The average Bonchev–Trinajstić information content (AvgIpc) is 3.11. The first-order valence-electron chi connectivity index (χ1n) is 10.1.